The Morgan fingerprint density at radius 3 is 2.23 bits per heavy atom. The van der Waals surface area contributed by atoms with Gasteiger partial charge in [-0.2, -0.15) is 0 Å². The first-order chi connectivity index (χ1) is 14.5. The Balaban J connectivity index is 1.44. The van der Waals surface area contributed by atoms with E-state index in [0.29, 0.717) is 6.54 Å². The van der Waals surface area contributed by atoms with E-state index in [1.165, 1.54) is 22.4 Å². The molecule has 1 atom stereocenters. The average Bonchev–Trinajstić information content (AvgIpc) is 3.06. The average molecular weight is 407 g/mol. The van der Waals surface area contributed by atoms with Crippen LogP contribution in [0.5, 0.6) is 0 Å². The number of aryl methyl sites for hydroxylation is 1. The topological polar surface area (TPSA) is 30.0 Å². The Morgan fingerprint density at radius 2 is 1.60 bits per heavy atom. The Hall–Kier alpha value is -2.37. The van der Waals surface area contributed by atoms with Crippen molar-refractivity contribution in [3.63, 3.8) is 0 Å². The summed E-state index contributed by atoms with van der Waals surface area (Å²) in [6.45, 7) is 11.1. The fourth-order valence-electron chi connectivity index (χ4n) is 4.63. The molecule has 2 aliphatic heterocycles. The maximum absolute atomic E-state index is 12.7. The van der Waals surface area contributed by atoms with Crippen LogP contribution in [0, 0.1) is 6.92 Å². The summed E-state index contributed by atoms with van der Waals surface area (Å²) in [4.78, 5) is 21.8. The van der Waals surface area contributed by atoms with E-state index in [-0.39, 0.29) is 12.1 Å². The number of carbonyl (C=O) groups is 1. The standard InChI is InChI=1S/C25H34N4O/c1-4-27-15-17-28(18-16-27)23-11-9-22(10-12-23)25-26(3)19-24(30)29(25)14-13-21-7-5-20(2)6-8-21/h5-12,25H,4,13-19H2,1-3H3. The molecule has 5 nitrogen and oxygen atoms in total. The highest BCUT2D eigenvalue weighted by Crippen LogP contribution is 2.31. The fraction of sp³-hybridized carbons (Fsp3) is 0.480. The van der Waals surface area contributed by atoms with Gasteiger partial charge in [0.25, 0.3) is 0 Å². The van der Waals surface area contributed by atoms with Crippen LogP contribution in [-0.4, -0.2) is 73.5 Å². The van der Waals surface area contributed by atoms with Crippen molar-refractivity contribution in [2.24, 2.45) is 0 Å². The lowest BCUT2D eigenvalue weighted by Crippen LogP contribution is -2.46. The second-order valence-electron chi connectivity index (χ2n) is 8.62. The third-order valence-electron chi connectivity index (χ3n) is 6.56. The lowest BCUT2D eigenvalue weighted by atomic mass is 10.1. The summed E-state index contributed by atoms with van der Waals surface area (Å²) in [6.07, 6.45) is 0.907. The zero-order valence-corrected chi connectivity index (χ0v) is 18.6. The maximum atomic E-state index is 12.7. The van der Waals surface area contributed by atoms with Crippen molar-refractivity contribution < 1.29 is 4.79 Å². The molecular formula is C25H34N4O. The molecule has 0 radical (unpaired) electrons. The lowest BCUT2D eigenvalue weighted by molar-refractivity contribution is -0.128. The van der Waals surface area contributed by atoms with Gasteiger partial charge in [0.05, 0.1) is 6.54 Å². The molecular weight excluding hydrogens is 372 g/mol. The molecule has 0 N–H and O–H groups in total. The van der Waals surface area contributed by atoms with Crippen LogP contribution in [0.15, 0.2) is 48.5 Å². The third-order valence-corrected chi connectivity index (χ3v) is 6.56. The summed E-state index contributed by atoms with van der Waals surface area (Å²) in [5, 5.41) is 0. The van der Waals surface area contributed by atoms with E-state index < -0.39 is 0 Å². The SMILES string of the molecule is CCN1CCN(c2ccc(C3N(C)CC(=O)N3CCc3ccc(C)cc3)cc2)CC1. The molecule has 0 aromatic heterocycles. The number of carbonyl (C=O) groups excluding carboxylic acids is 1. The molecule has 2 aliphatic rings. The van der Waals surface area contributed by atoms with Crippen LogP contribution in [0.1, 0.15) is 29.8 Å². The molecule has 2 aromatic carbocycles. The minimum absolute atomic E-state index is 0.0222. The van der Waals surface area contributed by atoms with Crippen molar-refractivity contribution in [1.82, 2.24) is 14.7 Å². The number of likely N-dealkylation sites (N-methyl/N-ethyl adjacent to an activating group) is 2. The molecule has 4 rings (SSSR count). The molecule has 1 amide bonds. The zero-order valence-electron chi connectivity index (χ0n) is 18.6. The van der Waals surface area contributed by atoms with Gasteiger partial charge >= 0.3 is 0 Å². The van der Waals surface area contributed by atoms with Crippen LogP contribution in [-0.2, 0) is 11.2 Å². The lowest BCUT2D eigenvalue weighted by Gasteiger charge is -2.36. The van der Waals surface area contributed by atoms with E-state index in [9.17, 15) is 4.79 Å². The molecule has 2 saturated heterocycles. The van der Waals surface area contributed by atoms with Crippen LogP contribution < -0.4 is 4.90 Å². The van der Waals surface area contributed by atoms with Gasteiger partial charge in [-0.3, -0.25) is 9.69 Å². The number of rotatable bonds is 6. The fourth-order valence-corrected chi connectivity index (χ4v) is 4.63. The second-order valence-corrected chi connectivity index (χ2v) is 8.62. The van der Waals surface area contributed by atoms with Gasteiger partial charge in [0.15, 0.2) is 0 Å². The number of hydrogen-bond acceptors (Lipinski definition) is 4. The molecule has 2 aromatic rings. The summed E-state index contributed by atoms with van der Waals surface area (Å²) in [5.41, 5.74) is 5.03. The van der Waals surface area contributed by atoms with E-state index in [2.05, 4.69) is 77.1 Å². The van der Waals surface area contributed by atoms with Crippen LogP contribution in [0.2, 0.25) is 0 Å². The van der Waals surface area contributed by atoms with Crippen molar-refractivity contribution in [1.29, 1.82) is 0 Å². The summed E-state index contributed by atoms with van der Waals surface area (Å²) in [7, 11) is 2.05. The molecule has 0 saturated carbocycles. The van der Waals surface area contributed by atoms with Gasteiger partial charge in [0.2, 0.25) is 5.91 Å². The first-order valence-corrected chi connectivity index (χ1v) is 11.2. The van der Waals surface area contributed by atoms with Crippen molar-refractivity contribution in [3.05, 3.63) is 65.2 Å². The highest BCUT2D eigenvalue weighted by Gasteiger charge is 2.36. The van der Waals surface area contributed by atoms with E-state index in [1.54, 1.807) is 0 Å². The van der Waals surface area contributed by atoms with Gasteiger partial charge in [-0.25, -0.2) is 0 Å². The number of amides is 1. The Morgan fingerprint density at radius 1 is 0.933 bits per heavy atom. The number of anilines is 1. The Labute approximate surface area is 180 Å². The van der Waals surface area contributed by atoms with Gasteiger partial charge in [-0.15, -0.1) is 0 Å². The molecule has 0 aliphatic carbocycles. The van der Waals surface area contributed by atoms with Crippen molar-refractivity contribution in [3.8, 4) is 0 Å². The molecule has 160 valence electrons. The highest BCUT2D eigenvalue weighted by atomic mass is 16.2. The molecule has 2 fully saturated rings. The normalized spacial score (nSPS) is 20.9. The summed E-state index contributed by atoms with van der Waals surface area (Å²) in [5.74, 6) is 0.217. The molecule has 0 spiro atoms. The summed E-state index contributed by atoms with van der Waals surface area (Å²) in [6, 6.07) is 17.5. The maximum Gasteiger partial charge on any atom is 0.238 e. The Bertz CT molecular complexity index is 840. The van der Waals surface area contributed by atoms with Gasteiger partial charge in [0, 0.05) is 38.4 Å². The summed E-state index contributed by atoms with van der Waals surface area (Å²) < 4.78 is 0. The highest BCUT2D eigenvalue weighted by molar-refractivity contribution is 5.81. The van der Waals surface area contributed by atoms with E-state index in [1.807, 2.05) is 11.9 Å². The van der Waals surface area contributed by atoms with Crippen molar-refractivity contribution in [2.75, 3.05) is 57.8 Å². The van der Waals surface area contributed by atoms with Gasteiger partial charge < -0.3 is 14.7 Å². The van der Waals surface area contributed by atoms with Crippen LogP contribution in [0.4, 0.5) is 5.69 Å². The van der Waals surface area contributed by atoms with E-state index in [0.717, 1.165) is 45.7 Å². The smallest absolute Gasteiger partial charge is 0.238 e. The minimum atomic E-state index is 0.0222. The predicted molar refractivity (Wildman–Crippen MR) is 123 cm³/mol. The number of hydrogen-bond donors (Lipinski definition) is 0. The number of benzene rings is 2. The predicted octanol–water partition coefficient (Wildman–Crippen LogP) is 3.15. The molecule has 0 bridgehead atoms. The largest absolute Gasteiger partial charge is 0.369 e. The monoisotopic (exact) mass is 406 g/mol. The first kappa shape index (κ1) is 20.9. The molecule has 1 unspecified atom stereocenters. The number of nitrogens with zero attached hydrogens (tertiary/aromatic N) is 4. The van der Waals surface area contributed by atoms with Crippen LogP contribution in [0.3, 0.4) is 0 Å². The van der Waals surface area contributed by atoms with Crippen LogP contribution >= 0.6 is 0 Å². The number of piperazine rings is 1. The molecule has 2 heterocycles. The first-order valence-electron chi connectivity index (χ1n) is 11.2. The van der Waals surface area contributed by atoms with Crippen LogP contribution in [0.25, 0.3) is 0 Å². The third kappa shape index (κ3) is 4.52. The van der Waals surface area contributed by atoms with Crippen molar-refractivity contribution in [2.45, 2.75) is 26.4 Å². The quantitative estimate of drug-likeness (QED) is 0.737. The van der Waals surface area contributed by atoms with Gasteiger partial charge in [0.1, 0.15) is 6.17 Å². The van der Waals surface area contributed by atoms with Crippen molar-refractivity contribution >= 4 is 11.6 Å². The zero-order chi connectivity index (χ0) is 21.1. The second kappa shape index (κ2) is 9.19. The minimum Gasteiger partial charge on any atom is -0.369 e. The molecule has 5 heteroatoms. The van der Waals surface area contributed by atoms with E-state index in [4.69, 9.17) is 0 Å². The summed E-state index contributed by atoms with van der Waals surface area (Å²) >= 11 is 0. The molecule has 30 heavy (non-hydrogen) atoms. The van der Waals surface area contributed by atoms with Gasteiger partial charge in [-0.1, -0.05) is 48.9 Å². The van der Waals surface area contributed by atoms with E-state index >= 15 is 0 Å². The Kier molecular flexibility index (Phi) is 6.40. The van der Waals surface area contributed by atoms with Gasteiger partial charge in [-0.05, 0) is 50.2 Å².